The lowest BCUT2D eigenvalue weighted by Crippen LogP contribution is -2.31. The van der Waals surface area contributed by atoms with Crippen molar-refractivity contribution in [2.24, 2.45) is 11.8 Å². The highest BCUT2D eigenvalue weighted by atomic mass is 14.8. The van der Waals surface area contributed by atoms with Crippen LogP contribution < -0.4 is 5.32 Å². The number of benzene rings is 1. The van der Waals surface area contributed by atoms with Crippen LogP contribution in [0.15, 0.2) is 18.2 Å². The van der Waals surface area contributed by atoms with Crippen molar-refractivity contribution in [2.45, 2.75) is 52.9 Å². The lowest BCUT2D eigenvalue weighted by Gasteiger charge is -2.32. The fourth-order valence-electron chi connectivity index (χ4n) is 3.45. The van der Waals surface area contributed by atoms with Gasteiger partial charge in [-0.1, -0.05) is 43.5 Å². The number of rotatable bonds is 5. The molecule has 1 heteroatoms. The molecular formula is C18H29N. The molecule has 0 radical (unpaired) electrons. The van der Waals surface area contributed by atoms with Crippen molar-refractivity contribution >= 4 is 0 Å². The minimum Gasteiger partial charge on any atom is -0.317 e. The SMILES string of the molecule is CCNCC1CCCCC1Cc1cc(C)ccc1C. The van der Waals surface area contributed by atoms with Crippen LogP contribution in [0, 0.1) is 25.7 Å². The summed E-state index contributed by atoms with van der Waals surface area (Å²) in [6.45, 7) is 9.00. The maximum Gasteiger partial charge on any atom is -0.00179 e. The van der Waals surface area contributed by atoms with Gasteiger partial charge in [0.25, 0.3) is 0 Å². The first-order valence-corrected chi connectivity index (χ1v) is 7.97. The first-order chi connectivity index (χ1) is 9.20. The normalized spacial score (nSPS) is 23.5. The van der Waals surface area contributed by atoms with E-state index in [9.17, 15) is 0 Å². The van der Waals surface area contributed by atoms with Crippen LogP contribution >= 0.6 is 0 Å². The molecule has 1 nitrogen and oxygen atoms in total. The lowest BCUT2D eigenvalue weighted by atomic mass is 9.75. The number of hydrogen-bond acceptors (Lipinski definition) is 1. The summed E-state index contributed by atoms with van der Waals surface area (Å²) in [5.74, 6) is 1.77. The molecule has 0 amide bonds. The Morgan fingerprint density at radius 1 is 1.11 bits per heavy atom. The van der Waals surface area contributed by atoms with E-state index in [1.165, 1.54) is 49.8 Å². The Morgan fingerprint density at radius 3 is 2.58 bits per heavy atom. The topological polar surface area (TPSA) is 12.0 Å². The minimum atomic E-state index is 0.883. The molecule has 0 saturated heterocycles. The zero-order chi connectivity index (χ0) is 13.7. The number of nitrogens with one attached hydrogen (secondary N) is 1. The zero-order valence-electron chi connectivity index (χ0n) is 12.8. The van der Waals surface area contributed by atoms with Gasteiger partial charge in [0.15, 0.2) is 0 Å². The second kappa shape index (κ2) is 7.09. The summed E-state index contributed by atoms with van der Waals surface area (Å²) in [7, 11) is 0. The van der Waals surface area contributed by atoms with Crippen molar-refractivity contribution in [1.82, 2.24) is 5.32 Å². The molecule has 0 aliphatic heterocycles. The second-order valence-electron chi connectivity index (χ2n) is 6.25. The Morgan fingerprint density at radius 2 is 1.84 bits per heavy atom. The van der Waals surface area contributed by atoms with Gasteiger partial charge in [0.05, 0.1) is 0 Å². The smallest absolute Gasteiger partial charge is 0.00179 e. The molecule has 0 bridgehead atoms. The van der Waals surface area contributed by atoms with Gasteiger partial charge in [-0.05, 0) is 69.2 Å². The van der Waals surface area contributed by atoms with Crippen LogP contribution in [0.4, 0.5) is 0 Å². The van der Waals surface area contributed by atoms with Gasteiger partial charge in [0.2, 0.25) is 0 Å². The van der Waals surface area contributed by atoms with Crippen LogP contribution in [0.25, 0.3) is 0 Å². The van der Waals surface area contributed by atoms with E-state index in [2.05, 4.69) is 44.3 Å². The molecule has 1 N–H and O–H groups in total. The predicted molar refractivity (Wildman–Crippen MR) is 83.6 cm³/mol. The molecule has 0 spiro atoms. The lowest BCUT2D eigenvalue weighted by molar-refractivity contribution is 0.229. The average molecular weight is 259 g/mol. The van der Waals surface area contributed by atoms with Crippen molar-refractivity contribution in [1.29, 1.82) is 0 Å². The van der Waals surface area contributed by atoms with E-state index in [0.29, 0.717) is 0 Å². The van der Waals surface area contributed by atoms with Crippen LogP contribution in [0.5, 0.6) is 0 Å². The Labute approximate surface area is 118 Å². The van der Waals surface area contributed by atoms with Gasteiger partial charge in [-0.2, -0.15) is 0 Å². The third kappa shape index (κ3) is 4.07. The zero-order valence-corrected chi connectivity index (χ0v) is 12.8. The molecule has 1 aliphatic rings. The summed E-state index contributed by atoms with van der Waals surface area (Å²) in [6.07, 6.45) is 6.98. The molecule has 1 aliphatic carbocycles. The van der Waals surface area contributed by atoms with Gasteiger partial charge in [-0.15, -0.1) is 0 Å². The second-order valence-corrected chi connectivity index (χ2v) is 6.25. The van der Waals surface area contributed by atoms with Crippen molar-refractivity contribution in [2.75, 3.05) is 13.1 Å². The molecule has 2 unspecified atom stereocenters. The summed E-state index contributed by atoms with van der Waals surface area (Å²) >= 11 is 0. The molecule has 19 heavy (non-hydrogen) atoms. The van der Waals surface area contributed by atoms with Crippen molar-refractivity contribution < 1.29 is 0 Å². The van der Waals surface area contributed by atoms with Crippen molar-refractivity contribution in [3.8, 4) is 0 Å². The number of aryl methyl sites for hydroxylation is 2. The third-order valence-corrected chi connectivity index (χ3v) is 4.71. The molecule has 1 fully saturated rings. The first-order valence-electron chi connectivity index (χ1n) is 7.97. The van der Waals surface area contributed by atoms with Gasteiger partial charge in [-0.25, -0.2) is 0 Å². The summed E-state index contributed by atoms with van der Waals surface area (Å²) < 4.78 is 0. The van der Waals surface area contributed by atoms with Crippen LogP contribution in [0.1, 0.15) is 49.3 Å². The van der Waals surface area contributed by atoms with Gasteiger partial charge >= 0.3 is 0 Å². The monoisotopic (exact) mass is 259 g/mol. The van der Waals surface area contributed by atoms with E-state index in [-0.39, 0.29) is 0 Å². The van der Waals surface area contributed by atoms with Gasteiger partial charge in [-0.3, -0.25) is 0 Å². The van der Waals surface area contributed by atoms with Crippen LogP contribution in [-0.4, -0.2) is 13.1 Å². The Bertz CT molecular complexity index is 397. The van der Waals surface area contributed by atoms with E-state index >= 15 is 0 Å². The maximum absolute atomic E-state index is 3.56. The highest BCUT2D eigenvalue weighted by Gasteiger charge is 2.25. The highest BCUT2D eigenvalue weighted by Crippen LogP contribution is 2.33. The Kier molecular flexibility index (Phi) is 5.45. The Hall–Kier alpha value is -0.820. The summed E-state index contributed by atoms with van der Waals surface area (Å²) in [5, 5.41) is 3.56. The van der Waals surface area contributed by atoms with Gasteiger partial charge in [0.1, 0.15) is 0 Å². The third-order valence-electron chi connectivity index (χ3n) is 4.71. The van der Waals surface area contributed by atoms with E-state index in [1.54, 1.807) is 5.56 Å². The summed E-state index contributed by atoms with van der Waals surface area (Å²) in [4.78, 5) is 0. The largest absolute Gasteiger partial charge is 0.317 e. The predicted octanol–water partition coefficient (Wildman–Crippen LogP) is 4.26. The van der Waals surface area contributed by atoms with E-state index in [1.807, 2.05) is 0 Å². The van der Waals surface area contributed by atoms with E-state index in [4.69, 9.17) is 0 Å². The van der Waals surface area contributed by atoms with E-state index in [0.717, 1.165) is 18.4 Å². The average Bonchev–Trinajstić information content (AvgIpc) is 2.42. The molecule has 2 rings (SSSR count). The highest BCUT2D eigenvalue weighted by molar-refractivity contribution is 5.30. The molecule has 0 heterocycles. The van der Waals surface area contributed by atoms with Crippen LogP contribution in [0.2, 0.25) is 0 Å². The van der Waals surface area contributed by atoms with Gasteiger partial charge < -0.3 is 5.32 Å². The summed E-state index contributed by atoms with van der Waals surface area (Å²) in [5.41, 5.74) is 4.45. The quantitative estimate of drug-likeness (QED) is 0.833. The maximum atomic E-state index is 3.56. The molecule has 2 atom stereocenters. The number of hydrogen-bond donors (Lipinski definition) is 1. The molecule has 106 valence electrons. The minimum absolute atomic E-state index is 0.883. The van der Waals surface area contributed by atoms with Crippen LogP contribution in [0.3, 0.4) is 0 Å². The first kappa shape index (κ1) is 14.6. The van der Waals surface area contributed by atoms with E-state index < -0.39 is 0 Å². The van der Waals surface area contributed by atoms with Crippen LogP contribution in [-0.2, 0) is 6.42 Å². The summed E-state index contributed by atoms with van der Waals surface area (Å²) in [6, 6.07) is 6.91. The molecule has 1 saturated carbocycles. The van der Waals surface area contributed by atoms with Crippen molar-refractivity contribution in [3.63, 3.8) is 0 Å². The molecular weight excluding hydrogens is 230 g/mol. The molecule has 1 aromatic rings. The molecule has 1 aromatic carbocycles. The van der Waals surface area contributed by atoms with Crippen molar-refractivity contribution in [3.05, 3.63) is 34.9 Å². The van der Waals surface area contributed by atoms with Gasteiger partial charge in [0, 0.05) is 0 Å². The fourth-order valence-corrected chi connectivity index (χ4v) is 3.45. The Balaban J connectivity index is 2.04. The fraction of sp³-hybridized carbons (Fsp3) is 0.667. The molecule has 0 aromatic heterocycles. The standard InChI is InChI=1S/C18H29N/c1-4-19-13-17-8-6-5-7-16(17)12-18-11-14(2)9-10-15(18)3/h9-11,16-17,19H,4-8,12-13H2,1-3H3.